The van der Waals surface area contributed by atoms with E-state index < -0.39 is 0 Å². The Bertz CT molecular complexity index is 318. The minimum absolute atomic E-state index is 0.863. The van der Waals surface area contributed by atoms with E-state index in [0.717, 1.165) is 5.02 Å². The van der Waals surface area contributed by atoms with E-state index in [4.69, 9.17) is 11.6 Å². The average molecular weight is 193 g/mol. The van der Waals surface area contributed by atoms with E-state index >= 15 is 0 Å². The largest absolute Gasteiger partial charge is 0.0837 e. The van der Waals surface area contributed by atoms with Crippen molar-refractivity contribution in [1.82, 2.24) is 0 Å². The maximum atomic E-state index is 6.06. The maximum Gasteiger partial charge on any atom is 0.0478 e. The lowest BCUT2D eigenvalue weighted by Gasteiger charge is -1.99. The second-order valence-electron chi connectivity index (χ2n) is 3.53. The van der Waals surface area contributed by atoms with Crippen LogP contribution in [0.3, 0.4) is 0 Å². The lowest BCUT2D eigenvalue weighted by atomic mass is 10.1. The first kappa shape index (κ1) is 8.83. The fraction of sp³-hybridized carbons (Fsp3) is 0.333. The minimum Gasteiger partial charge on any atom is -0.0837 e. The summed E-state index contributed by atoms with van der Waals surface area (Å²) in [5.41, 5.74) is 2.72. The second-order valence-corrected chi connectivity index (χ2v) is 3.94. The third-order valence-electron chi connectivity index (χ3n) is 2.51. The SMILES string of the molecule is Clc1ccccc1C=C1CCCC1. The van der Waals surface area contributed by atoms with Gasteiger partial charge in [-0.2, -0.15) is 0 Å². The van der Waals surface area contributed by atoms with Gasteiger partial charge in [0.05, 0.1) is 0 Å². The van der Waals surface area contributed by atoms with E-state index in [-0.39, 0.29) is 0 Å². The molecule has 0 atom stereocenters. The highest BCUT2D eigenvalue weighted by Gasteiger charge is 2.06. The Morgan fingerprint density at radius 1 is 1.08 bits per heavy atom. The number of hydrogen-bond donors (Lipinski definition) is 0. The van der Waals surface area contributed by atoms with Crippen LogP contribution in [0.5, 0.6) is 0 Å². The fourth-order valence-corrected chi connectivity index (χ4v) is 1.98. The average Bonchev–Trinajstić information content (AvgIpc) is 2.61. The van der Waals surface area contributed by atoms with Gasteiger partial charge in [0.15, 0.2) is 0 Å². The number of allylic oxidation sites excluding steroid dienone is 1. The molecule has 0 spiro atoms. The molecule has 0 heterocycles. The van der Waals surface area contributed by atoms with Crippen molar-refractivity contribution in [2.75, 3.05) is 0 Å². The predicted molar refractivity (Wildman–Crippen MR) is 57.9 cm³/mol. The van der Waals surface area contributed by atoms with E-state index in [2.05, 4.69) is 12.1 Å². The Balaban J connectivity index is 2.25. The summed E-state index contributed by atoms with van der Waals surface area (Å²) in [5, 5.41) is 0.863. The van der Waals surface area contributed by atoms with Crippen molar-refractivity contribution < 1.29 is 0 Å². The van der Waals surface area contributed by atoms with Gasteiger partial charge in [-0.1, -0.05) is 41.4 Å². The van der Waals surface area contributed by atoms with Crippen LogP contribution in [0.1, 0.15) is 31.2 Å². The van der Waals surface area contributed by atoms with E-state index in [9.17, 15) is 0 Å². The molecule has 1 saturated carbocycles. The first-order chi connectivity index (χ1) is 6.36. The van der Waals surface area contributed by atoms with Crippen LogP contribution in [-0.4, -0.2) is 0 Å². The van der Waals surface area contributed by atoms with Gasteiger partial charge in [-0.3, -0.25) is 0 Å². The smallest absolute Gasteiger partial charge is 0.0478 e. The first-order valence-corrected chi connectivity index (χ1v) is 5.18. The Kier molecular flexibility index (Phi) is 2.70. The molecule has 1 aliphatic rings. The van der Waals surface area contributed by atoms with Gasteiger partial charge in [-0.05, 0) is 37.3 Å². The Morgan fingerprint density at radius 2 is 1.77 bits per heavy atom. The molecular formula is C12H13Cl. The van der Waals surface area contributed by atoms with Gasteiger partial charge in [-0.25, -0.2) is 0 Å². The number of halogens is 1. The summed E-state index contributed by atoms with van der Waals surface area (Å²) in [6.07, 6.45) is 7.44. The molecule has 0 amide bonds. The van der Waals surface area contributed by atoms with Crippen molar-refractivity contribution in [3.05, 3.63) is 40.4 Å². The van der Waals surface area contributed by atoms with Crippen LogP contribution in [0.15, 0.2) is 29.8 Å². The van der Waals surface area contributed by atoms with Gasteiger partial charge < -0.3 is 0 Å². The topological polar surface area (TPSA) is 0 Å². The van der Waals surface area contributed by atoms with Gasteiger partial charge in [-0.15, -0.1) is 0 Å². The highest BCUT2D eigenvalue weighted by molar-refractivity contribution is 6.32. The van der Waals surface area contributed by atoms with Crippen molar-refractivity contribution in [2.24, 2.45) is 0 Å². The van der Waals surface area contributed by atoms with Gasteiger partial charge in [0.25, 0.3) is 0 Å². The standard InChI is InChI=1S/C12H13Cl/c13-12-8-4-3-7-11(12)9-10-5-1-2-6-10/h3-4,7-9H,1-2,5-6H2. The van der Waals surface area contributed by atoms with Gasteiger partial charge in [0.2, 0.25) is 0 Å². The molecular weight excluding hydrogens is 180 g/mol. The molecule has 0 N–H and O–H groups in total. The quantitative estimate of drug-likeness (QED) is 0.623. The lowest BCUT2D eigenvalue weighted by Crippen LogP contribution is -1.77. The predicted octanol–water partition coefficient (Wildman–Crippen LogP) is 4.30. The number of benzene rings is 1. The molecule has 0 saturated heterocycles. The molecule has 68 valence electrons. The monoisotopic (exact) mass is 192 g/mol. The summed E-state index contributed by atoms with van der Waals surface area (Å²) < 4.78 is 0. The van der Waals surface area contributed by atoms with Crippen LogP contribution in [0.2, 0.25) is 5.02 Å². The van der Waals surface area contributed by atoms with Crippen LogP contribution >= 0.6 is 11.6 Å². The Morgan fingerprint density at radius 3 is 2.46 bits per heavy atom. The zero-order chi connectivity index (χ0) is 9.10. The van der Waals surface area contributed by atoms with Crippen molar-refractivity contribution in [3.8, 4) is 0 Å². The van der Waals surface area contributed by atoms with E-state index in [1.165, 1.54) is 31.2 Å². The molecule has 1 fully saturated rings. The Labute approximate surface area is 84.2 Å². The molecule has 13 heavy (non-hydrogen) atoms. The van der Waals surface area contributed by atoms with Gasteiger partial charge in [0, 0.05) is 5.02 Å². The molecule has 0 radical (unpaired) electrons. The molecule has 0 unspecified atom stereocenters. The van der Waals surface area contributed by atoms with Crippen LogP contribution in [0.25, 0.3) is 6.08 Å². The van der Waals surface area contributed by atoms with Crippen molar-refractivity contribution in [3.63, 3.8) is 0 Å². The molecule has 1 aromatic rings. The zero-order valence-corrected chi connectivity index (χ0v) is 8.35. The first-order valence-electron chi connectivity index (χ1n) is 4.80. The number of rotatable bonds is 1. The summed E-state index contributed by atoms with van der Waals surface area (Å²) in [5.74, 6) is 0. The summed E-state index contributed by atoms with van der Waals surface area (Å²) in [6.45, 7) is 0. The van der Waals surface area contributed by atoms with Crippen LogP contribution in [0.4, 0.5) is 0 Å². The molecule has 0 bridgehead atoms. The molecule has 2 rings (SSSR count). The third-order valence-corrected chi connectivity index (χ3v) is 2.85. The van der Waals surface area contributed by atoms with Crippen LogP contribution in [0, 0.1) is 0 Å². The highest BCUT2D eigenvalue weighted by atomic mass is 35.5. The van der Waals surface area contributed by atoms with Gasteiger partial charge in [0.1, 0.15) is 0 Å². The molecule has 0 aliphatic heterocycles. The molecule has 1 heteroatoms. The second kappa shape index (κ2) is 3.97. The van der Waals surface area contributed by atoms with E-state index in [1.807, 2.05) is 18.2 Å². The van der Waals surface area contributed by atoms with Crippen molar-refractivity contribution in [2.45, 2.75) is 25.7 Å². The normalized spacial score (nSPS) is 16.2. The lowest BCUT2D eigenvalue weighted by molar-refractivity contribution is 0.886. The van der Waals surface area contributed by atoms with Crippen molar-refractivity contribution in [1.29, 1.82) is 0 Å². The minimum atomic E-state index is 0.863. The van der Waals surface area contributed by atoms with Gasteiger partial charge >= 0.3 is 0 Å². The molecule has 1 aromatic carbocycles. The highest BCUT2D eigenvalue weighted by Crippen LogP contribution is 2.27. The van der Waals surface area contributed by atoms with Crippen LogP contribution < -0.4 is 0 Å². The van der Waals surface area contributed by atoms with E-state index in [0.29, 0.717) is 0 Å². The summed E-state index contributed by atoms with van der Waals surface area (Å²) in [7, 11) is 0. The third kappa shape index (κ3) is 2.13. The summed E-state index contributed by atoms with van der Waals surface area (Å²) in [6, 6.07) is 8.03. The molecule has 0 aromatic heterocycles. The van der Waals surface area contributed by atoms with Crippen LogP contribution in [-0.2, 0) is 0 Å². The number of hydrogen-bond acceptors (Lipinski definition) is 0. The Hall–Kier alpha value is -0.750. The molecule has 0 nitrogen and oxygen atoms in total. The zero-order valence-electron chi connectivity index (χ0n) is 7.59. The summed E-state index contributed by atoms with van der Waals surface area (Å²) in [4.78, 5) is 0. The summed E-state index contributed by atoms with van der Waals surface area (Å²) >= 11 is 6.06. The van der Waals surface area contributed by atoms with Crippen molar-refractivity contribution >= 4 is 17.7 Å². The van der Waals surface area contributed by atoms with E-state index in [1.54, 1.807) is 5.57 Å². The maximum absolute atomic E-state index is 6.06. The molecule has 1 aliphatic carbocycles. The fourth-order valence-electron chi connectivity index (χ4n) is 1.79.